The maximum Gasteiger partial charge on any atom is 0.257 e. The first kappa shape index (κ1) is 13.2. The molecule has 2 amide bonds. The van der Waals surface area contributed by atoms with Gasteiger partial charge in [0.25, 0.3) is 5.91 Å². The van der Waals surface area contributed by atoms with Crippen molar-refractivity contribution >= 4 is 34.8 Å². The summed E-state index contributed by atoms with van der Waals surface area (Å²) < 4.78 is 0. The Kier molecular flexibility index (Phi) is 3.07. The molecular weight excluding hydrogens is 282 g/mol. The number of aliphatic hydroxyl groups excluding tert-OH is 1. The summed E-state index contributed by atoms with van der Waals surface area (Å²) in [5, 5.41) is 12.8. The molecule has 1 aromatic carbocycles. The van der Waals surface area contributed by atoms with Crippen molar-refractivity contribution in [2.24, 2.45) is 11.7 Å². The van der Waals surface area contributed by atoms with Crippen molar-refractivity contribution in [1.82, 2.24) is 0 Å². The average molecular weight is 296 g/mol. The molecule has 0 spiro atoms. The molecule has 2 atom stereocenters. The van der Waals surface area contributed by atoms with E-state index in [-0.39, 0.29) is 11.8 Å². The molecule has 1 fully saturated rings. The highest BCUT2D eigenvalue weighted by molar-refractivity contribution is 6.33. The van der Waals surface area contributed by atoms with Crippen LogP contribution in [0, 0.1) is 5.92 Å². The van der Waals surface area contributed by atoms with E-state index in [1.807, 2.05) is 4.90 Å². The van der Waals surface area contributed by atoms with Gasteiger partial charge in [-0.05, 0) is 18.6 Å². The summed E-state index contributed by atoms with van der Waals surface area (Å²) in [7, 11) is 0. The normalized spacial score (nSPS) is 24.7. The molecule has 2 aliphatic rings. The second kappa shape index (κ2) is 4.64. The van der Waals surface area contributed by atoms with E-state index in [0.29, 0.717) is 35.8 Å². The van der Waals surface area contributed by atoms with Crippen molar-refractivity contribution in [2.45, 2.75) is 12.5 Å². The largest absolute Gasteiger partial charge is 0.378 e. The molecular formula is C13H14ClN3O3. The van der Waals surface area contributed by atoms with Crippen LogP contribution in [0.5, 0.6) is 0 Å². The number of benzene rings is 1. The van der Waals surface area contributed by atoms with Crippen LogP contribution in [-0.4, -0.2) is 30.0 Å². The van der Waals surface area contributed by atoms with Crippen molar-refractivity contribution in [3.05, 3.63) is 22.7 Å². The van der Waals surface area contributed by atoms with Crippen LogP contribution in [0.2, 0.25) is 5.02 Å². The molecule has 0 aliphatic carbocycles. The maximum atomic E-state index is 11.4. The van der Waals surface area contributed by atoms with Gasteiger partial charge in [0.2, 0.25) is 5.91 Å². The number of hydrogen-bond donors (Lipinski definition) is 3. The number of nitrogens with zero attached hydrogens (tertiary/aromatic N) is 1. The van der Waals surface area contributed by atoms with E-state index in [4.69, 9.17) is 17.3 Å². The summed E-state index contributed by atoms with van der Waals surface area (Å²) in [5.41, 5.74) is 7.09. The first-order chi connectivity index (χ1) is 9.47. The SMILES string of the molecule is NC(=O)C1CCN(c2cc3c(cc2Cl)C(O)C(=O)N3)C1. The molecule has 6 nitrogen and oxygen atoms in total. The second-order valence-electron chi connectivity index (χ2n) is 5.12. The van der Waals surface area contributed by atoms with Crippen LogP contribution >= 0.6 is 11.6 Å². The van der Waals surface area contributed by atoms with Crippen molar-refractivity contribution in [3.63, 3.8) is 0 Å². The van der Waals surface area contributed by atoms with E-state index >= 15 is 0 Å². The quantitative estimate of drug-likeness (QED) is 0.746. The minimum atomic E-state index is -1.17. The summed E-state index contributed by atoms with van der Waals surface area (Å²) in [6, 6.07) is 3.32. The molecule has 0 aromatic heterocycles. The number of rotatable bonds is 2. The highest BCUT2D eigenvalue weighted by atomic mass is 35.5. The predicted octanol–water partition coefficient (Wildman–Crippen LogP) is 0.637. The lowest BCUT2D eigenvalue weighted by atomic mass is 10.1. The molecule has 0 radical (unpaired) electrons. The van der Waals surface area contributed by atoms with Crippen molar-refractivity contribution in [3.8, 4) is 0 Å². The number of aliphatic hydroxyl groups is 1. The Labute approximate surface area is 120 Å². The average Bonchev–Trinajstić information content (AvgIpc) is 2.97. The van der Waals surface area contributed by atoms with Gasteiger partial charge >= 0.3 is 0 Å². The van der Waals surface area contributed by atoms with Crippen LogP contribution in [0.25, 0.3) is 0 Å². The number of primary amides is 1. The van der Waals surface area contributed by atoms with Crippen molar-refractivity contribution < 1.29 is 14.7 Å². The van der Waals surface area contributed by atoms with Crippen LogP contribution in [0.4, 0.5) is 11.4 Å². The molecule has 7 heteroatoms. The number of carbonyl (C=O) groups excluding carboxylic acids is 2. The number of hydrogen-bond acceptors (Lipinski definition) is 4. The fourth-order valence-corrected chi connectivity index (χ4v) is 3.00. The lowest BCUT2D eigenvalue weighted by Crippen LogP contribution is -2.27. The Morgan fingerprint density at radius 3 is 2.90 bits per heavy atom. The summed E-state index contributed by atoms with van der Waals surface area (Å²) >= 11 is 6.22. The van der Waals surface area contributed by atoms with Crippen LogP contribution in [0.15, 0.2) is 12.1 Å². The summed E-state index contributed by atoms with van der Waals surface area (Å²) in [4.78, 5) is 24.6. The van der Waals surface area contributed by atoms with Crippen LogP contribution in [0.1, 0.15) is 18.1 Å². The van der Waals surface area contributed by atoms with Gasteiger partial charge in [-0.1, -0.05) is 11.6 Å². The van der Waals surface area contributed by atoms with Crippen molar-refractivity contribution in [2.75, 3.05) is 23.3 Å². The monoisotopic (exact) mass is 295 g/mol. The molecule has 20 heavy (non-hydrogen) atoms. The van der Waals surface area contributed by atoms with E-state index in [1.54, 1.807) is 12.1 Å². The third-order valence-corrected chi connectivity index (χ3v) is 4.15. The summed E-state index contributed by atoms with van der Waals surface area (Å²) in [6.45, 7) is 1.20. The predicted molar refractivity (Wildman–Crippen MR) is 74.6 cm³/mol. The van der Waals surface area contributed by atoms with Gasteiger partial charge in [-0.25, -0.2) is 0 Å². The summed E-state index contributed by atoms with van der Waals surface area (Å²) in [5.74, 6) is -0.947. The number of nitrogens with one attached hydrogen (secondary N) is 1. The smallest absolute Gasteiger partial charge is 0.257 e. The Balaban J connectivity index is 1.91. The minimum absolute atomic E-state index is 0.181. The van der Waals surface area contributed by atoms with Gasteiger partial charge in [0.15, 0.2) is 6.10 Å². The van der Waals surface area contributed by atoms with Gasteiger partial charge in [0.1, 0.15) is 0 Å². The molecule has 2 unspecified atom stereocenters. The van der Waals surface area contributed by atoms with E-state index in [9.17, 15) is 14.7 Å². The number of carbonyl (C=O) groups is 2. The molecule has 3 rings (SSSR count). The van der Waals surface area contributed by atoms with E-state index < -0.39 is 12.0 Å². The van der Waals surface area contributed by atoms with E-state index in [1.165, 1.54) is 0 Å². The number of amides is 2. The Morgan fingerprint density at radius 1 is 1.50 bits per heavy atom. The minimum Gasteiger partial charge on any atom is -0.378 e. The first-order valence-electron chi connectivity index (χ1n) is 6.34. The topological polar surface area (TPSA) is 95.7 Å². The molecule has 2 aliphatic heterocycles. The lowest BCUT2D eigenvalue weighted by molar-refractivity contribution is -0.123. The van der Waals surface area contributed by atoms with Crippen molar-refractivity contribution in [1.29, 1.82) is 0 Å². The maximum absolute atomic E-state index is 11.4. The van der Waals surface area contributed by atoms with Gasteiger partial charge in [0.05, 0.1) is 16.6 Å². The molecule has 0 bridgehead atoms. The second-order valence-corrected chi connectivity index (χ2v) is 5.52. The molecule has 1 aromatic rings. The lowest BCUT2D eigenvalue weighted by Gasteiger charge is -2.20. The molecule has 1 saturated heterocycles. The Morgan fingerprint density at radius 2 is 2.25 bits per heavy atom. The zero-order chi connectivity index (χ0) is 14.4. The third-order valence-electron chi connectivity index (χ3n) is 3.85. The zero-order valence-corrected chi connectivity index (χ0v) is 11.4. The summed E-state index contributed by atoms with van der Waals surface area (Å²) in [6.07, 6.45) is -0.480. The number of fused-ring (bicyclic) bond motifs is 1. The Bertz CT molecular complexity index is 605. The number of halogens is 1. The van der Waals surface area contributed by atoms with Gasteiger partial charge in [-0.3, -0.25) is 9.59 Å². The van der Waals surface area contributed by atoms with Crippen LogP contribution < -0.4 is 16.0 Å². The van der Waals surface area contributed by atoms with E-state index in [0.717, 1.165) is 5.69 Å². The highest BCUT2D eigenvalue weighted by Crippen LogP contribution is 2.40. The highest BCUT2D eigenvalue weighted by Gasteiger charge is 2.32. The fraction of sp³-hybridized carbons (Fsp3) is 0.385. The van der Waals surface area contributed by atoms with Crippen LogP contribution in [-0.2, 0) is 9.59 Å². The Hall–Kier alpha value is -1.79. The van der Waals surface area contributed by atoms with Gasteiger partial charge in [-0.15, -0.1) is 0 Å². The fourth-order valence-electron chi connectivity index (χ4n) is 2.71. The molecule has 4 N–H and O–H groups in total. The van der Waals surface area contributed by atoms with Crippen LogP contribution in [0.3, 0.4) is 0 Å². The van der Waals surface area contributed by atoms with Gasteiger partial charge < -0.3 is 21.1 Å². The van der Waals surface area contributed by atoms with E-state index in [2.05, 4.69) is 5.32 Å². The number of anilines is 2. The van der Waals surface area contributed by atoms with Gasteiger partial charge in [-0.2, -0.15) is 0 Å². The number of nitrogens with two attached hydrogens (primary N) is 1. The molecule has 2 heterocycles. The third kappa shape index (κ3) is 2.01. The molecule has 0 saturated carbocycles. The first-order valence-corrected chi connectivity index (χ1v) is 6.72. The molecule has 106 valence electrons. The van der Waals surface area contributed by atoms with Gasteiger partial charge in [0, 0.05) is 24.3 Å². The standard InChI is InChI=1S/C13H14ClN3O3/c14-8-3-7-9(16-13(20)11(7)18)4-10(8)17-2-1-6(5-17)12(15)19/h3-4,6,11,18H,1-2,5H2,(H2,15,19)(H,16,20). The zero-order valence-electron chi connectivity index (χ0n) is 10.6.